The summed E-state index contributed by atoms with van der Waals surface area (Å²) in [6.45, 7) is 2.21. The van der Waals surface area contributed by atoms with Crippen LogP contribution in [0.2, 0.25) is 0 Å². The van der Waals surface area contributed by atoms with Crippen molar-refractivity contribution in [2.75, 3.05) is 49.7 Å². The molecule has 0 bridgehead atoms. The van der Waals surface area contributed by atoms with E-state index in [4.69, 9.17) is 19.9 Å². The number of ether oxygens (including phenoxy) is 1. The van der Waals surface area contributed by atoms with Gasteiger partial charge in [0.25, 0.3) is 0 Å². The van der Waals surface area contributed by atoms with Crippen LogP contribution in [-0.4, -0.2) is 76.4 Å². The molecule has 1 fully saturated rings. The van der Waals surface area contributed by atoms with E-state index < -0.39 is 12.1 Å². The highest BCUT2D eigenvalue weighted by Gasteiger charge is 2.18. The lowest BCUT2D eigenvalue weighted by Gasteiger charge is -2.28. The molecule has 2 amide bonds. The minimum atomic E-state index is -0.704. The second-order valence-corrected chi connectivity index (χ2v) is 6.93. The standard InChI is InChI=1S/C20H24N6O4/c27-12-16(13-28)22-20(29)21-15-5-3-14(4-6-15)18-23-19(25-8-10-30-11-9-25)17-2-1-7-26(17)24-18/h1-7,16,27-28H,8-13H2,(H2,21,22,29). The van der Waals surface area contributed by atoms with Crippen LogP contribution >= 0.6 is 0 Å². The van der Waals surface area contributed by atoms with E-state index in [1.54, 1.807) is 12.1 Å². The minimum absolute atomic E-state index is 0.340. The number of aliphatic hydroxyl groups is 2. The summed E-state index contributed by atoms with van der Waals surface area (Å²) in [6, 6.07) is 9.89. The van der Waals surface area contributed by atoms with Gasteiger partial charge in [-0.2, -0.15) is 0 Å². The predicted molar refractivity (Wildman–Crippen MR) is 112 cm³/mol. The molecule has 10 nitrogen and oxygen atoms in total. The number of urea groups is 1. The van der Waals surface area contributed by atoms with Crippen LogP contribution in [0, 0.1) is 0 Å². The van der Waals surface area contributed by atoms with Crippen LogP contribution in [0.15, 0.2) is 42.6 Å². The number of carbonyl (C=O) groups is 1. The molecule has 0 radical (unpaired) electrons. The summed E-state index contributed by atoms with van der Waals surface area (Å²) in [7, 11) is 0. The van der Waals surface area contributed by atoms with Crippen LogP contribution in [0.1, 0.15) is 0 Å². The van der Waals surface area contributed by atoms with Crippen molar-refractivity contribution in [1.82, 2.24) is 19.9 Å². The molecule has 3 heterocycles. The van der Waals surface area contributed by atoms with Gasteiger partial charge in [-0.25, -0.2) is 14.3 Å². The molecule has 0 spiro atoms. The summed E-state index contributed by atoms with van der Waals surface area (Å²) < 4.78 is 7.27. The van der Waals surface area contributed by atoms with Crippen LogP contribution in [0.25, 0.3) is 16.9 Å². The van der Waals surface area contributed by atoms with Gasteiger partial charge in [0, 0.05) is 30.5 Å². The third-order valence-corrected chi connectivity index (χ3v) is 4.86. The first kappa shape index (κ1) is 20.1. The van der Waals surface area contributed by atoms with E-state index in [9.17, 15) is 4.79 Å². The third-order valence-electron chi connectivity index (χ3n) is 4.86. The largest absolute Gasteiger partial charge is 0.394 e. The molecule has 0 aliphatic carbocycles. The molecule has 0 atom stereocenters. The normalized spacial score (nSPS) is 14.3. The molecular formula is C20H24N6O4. The van der Waals surface area contributed by atoms with Crippen molar-refractivity contribution in [1.29, 1.82) is 0 Å². The molecular weight excluding hydrogens is 388 g/mol. The van der Waals surface area contributed by atoms with Gasteiger partial charge in [0.05, 0.1) is 32.5 Å². The molecule has 1 aromatic carbocycles. The molecule has 4 N–H and O–H groups in total. The Morgan fingerprint density at radius 1 is 1.13 bits per heavy atom. The molecule has 30 heavy (non-hydrogen) atoms. The Bertz CT molecular complexity index is 996. The number of hydrogen-bond acceptors (Lipinski definition) is 7. The van der Waals surface area contributed by atoms with Crippen LogP contribution < -0.4 is 15.5 Å². The average molecular weight is 412 g/mol. The van der Waals surface area contributed by atoms with Crippen LogP contribution in [0.4, 0.5) is 16.3 Å². The highest BCUT2D eigenvalue weighted by atomic mass is 16.5. The van der Waals surface area contributed by atoms with Crippen LogP contribution in [-0.2, 0) is 4.74 Å². The Balaban J connectivity index is 1.54. The fraction of sp³-hybridized carbons (Fsp3) is 0.350. The number of nitrogens with one attached hydrogen (secondary N) is 2. The predicted octanol–water partition coefficient (Wildman–Crippen LogP) is 0.708. The smallest absolute Gasteiger partial charge is 0.319 e. The number of fused-ring (bicyclic) bond motifs is 1. The number of rotatable bonds is 6. The highest BCUT2D eigenvalue weighted by Crippen LogP contribution is 2.25. The molecule has 10 heteroatoms. The number of carbonyl (C=O) groups excluding carboxylic acids is 1. The molecule has 2 aromatic heterocycles. The van der Waals surface area contributed by atoms with E-state index in [2.05, 4.69) is 20.6 Å². The lowest BCUT2D eigenvalue weighted by molar-refractivity contribution is 0.122. The van der Waals surface area contributed by atoms with E-state index in [1.165, 1.54) is 0 Å². The van der Waals surface area contributed by atoms with E-state index >= 15 is 0 Å². The third kappa shape index (κ3) is 4.35. The van der Waals surface area contributed by atoms with Gasteiger partial charge in [-0.05, 0) is 36.4 Å². The first-order valence-electron chi connectivity index (χ1n) is 9.75. The fourth-order valence-corrected chi connectivity index (χ4v) is 3.25. The first-order valence-corrected chi connectivity index (χ1v) is 9.75. The molecule has 4 rings (SSSR count). The summed E-state index contributed by atoms with van der Waals surface area (Å²) in [5.41, 5.74) is 2.33. The van der Waals surface area contributed by atoms with Crippen molar-refractivity contribution in [3.63, 3.8) is 0 Å². The van der Waals surface area contributed by atoms with Gasteiger partial charge in [-0.1, -0.05) is 0 Å². The van der Waals surface area contributed by atoms with Gasteiger partial charge in [0.1, 0.15) is 5.52 Å². The van der Waals surface area contributed by atoms with Crippen LogP contribution in [0.3, 0.4) is 0 Å². The number of amides is 2. The van der Waals surface area contributed by atoms with Gasteiger partial charge in [-0.3, -0.25) is 0 Å². The zero-order valence-electron chi connectivity index (χ0n) is 16.4. The number of benzene rings is 1. The lowest BCUT2D eigenvalue weighted by Crippen LogP contribution is -2.42. The van der Waals surface area contributed by atoms with E-state index in [0.29, 0.717) is 24.7 Å². The number of aromatic nitrogens is 3. The summed E-state index contributed by atoms with van der Waals surface area (Å²) in [5.74, 6) is 1.45. The van der Waals surface area contributed by atoms with Gasteiger partial charge >= 0.3 is 6.03 Å². The SMILES string of the molecule is O=C(Nc1ccc(-c2nc(N3CCOCC3)c3cccn3n2)cc1)NC(CO)CO. The average Bonchev–Trinajstić information content (AvgIpc) is 3.26. The maximum absolute atomic E-state index is 11.9. The molecule has 158 valence electrons. The maximum atomic E-state index is 11.9. The molecule has 3 aromatic rings. The summed E-state index contributed by atoms with van der Waals surface area (Å²) in [5, 5.41) is 27.9. The van der Waals surface area contributed by atoms with Crippen molar-refractivity contribution < 1.29 is 19.7 Å². The Hall–Kier alpha value is -3.21. The van der Waals surface area contributed by atoms with Gasteiger partial charge in [0.2, 0.25) is 0 Å². The number of nitrogens with zero attached hydrogens (tertiary/aromatic N) is 4. The Morgan fingerprint density at radius 3 is 2.57 bits per heavy atom. The minimum Gasteiger partial charge on any atom is -0.394 e. The maximum Gasteiger partial charge on any atom is 0.319 e. The number of morpholine rings is 1. The Morgan fingerprint density at radius 2 is 1.87 bits per heavy atom. The van der Waals surface area contributed by atoms with E-state index in [1.807, 2.05) is 35.0 Å². The number of hydrogen-bond donors (Lipinski definition) is 4. The Kier molecular flexibility index (Phi) is 6.07. The number of aliphatic hydroxyl groups excluding tert-OH is 2. The quantitative estimate of drug-likeness (QED) is 0.470. The zero-order chi connectivity index (χ0) is 20.9. The molecule has 0 saturated carbocycles. The van der Waals surface area contributed by atoms with Crippen molar-refractivity contribution in [2.45, 2.75) is 6.04 Å². The second-order valence-electron chi connectivity index (χ2n) is 6.93. The Labute approximate surface area is 173 Å². The highest BCUT2D eigenvalue weighted by molar-refractivity contribution is 5.89. The summed E-state index contributed by atoms with van der Waals surface area (Å²) in [6.07, 6.45) is 1.89. The van der Waals surface area contributed by atoms with Crippen LogP contribution in [0.5, 0.6) is 0 Å². The molecule has 1 aliphatic heterocycles. The molecule has 0 unspecified atom stereocenters. The zero-order valence-corrected chi connectivity index (χ0v) is 16.4. The van der Waals surface area contributed by atoms with Crippen molar-refractivity contribution in [3.8, 4) is 11.4 Å². The summed E-state index contributed by atoms with van der Waals surface area (Å²) in [4.78, 5) is 18.9. The summed E-state index contributed by atoms with van der Waals surface area (Å²) >= 11 is 0. The monoisotopic (exact) mass is 412 g/mol. The van der Waals surface area contributed by atoms with Gasteiger partial charge < -0.3 is 30.5 Å². The lowest BCUT2D eigenvalue weighted by atomic mass is 10.2. The van der Waals surface area contributed by atoms with Crippen molar-refractivity contribution >= 4 is 23.1 Å². The van der Waals surface area contributed by atoms with Crippen molar-refractivity contribution in [3.05, 3.63) is 42.6 Å². The second kappa shape index (κ2) is 9.08. The van der Waals surface area contributed by atoms with E-state index in [0.717, 1.165) is 30.0 Å². The number of anilines is 2. The first-order chi connectivity index (χ1) is 14.7. The topological polar surface area (TPSA) is 124 Å². The van der Waals surface area contributed by atoms with Gasteiger partial charge in [0.15, 0.2) is 11.6 Å². The van der Waals surface area contributed by atoms with E-state index in [-0.39, 0.29) is 13.2 Å². The molecule has 1 saturated heterocycles. The van der Waals surface area contributed by atoms with Gasteiger partial charge in [-0.15, -0.1) is 5.10 Å². The fourth-order valence-electron chi connectivity index (χ4n) is 3.25. The molecule has 1 aliphatic rings. The van der Waals surface area contributed by atoms with Crippen molar-refractivity contribution in [2.24, 2.45) is 0 Å².